The molecule has 0 N–H and O–H groups in total. The number of furan rings is 1. The van der Waals surface area contributed by atoms with Crippen LogP contribution in [-0.4, -0.2) is 22.4 Å². The third-order valence-electron chi connectivity index (χ3n) is 3.78. The molecule has 0 aliphatic rings. The number of hydrogen-bond acceptors (Lipinski definition) is 4. The summed E-state index contributed by atoms with van der Waals surface area (Å²) in [6.07, 6.45) is 6.75. The Balaban J connectivity index is 1.78. The molecule has 0 unspecified atom stereocenters. The highest BCUT2D eigenvalue weighted by Gasteiger charge is 2.18. The van der Waals surface area contributed by atoms with Crippen molar-refractivity contribution in [2.75, 3.05) is 6.61 Å². The van der Waals surface area contributed by atoms with Gasteiger partial charge in [-0.1, -0.05) is 18.7 Å². The maximum absolute atomic E-state index is 13.0. The van der Waals surface area contributed by atoms with Crippen molar-refractivity contribution in [3.8, 4) is 5.75 Å². The predicted molar refractivity (Wildman–Crippen MR) is 98.7 cm³/mol. The first-order valence-electron chi connectivity index (χ1n) is 8.30. The second-order valence-electron chi connectivity index (χ2n) is 5.73. The van der Waals surface area contributed by atoms with E-state index in [1.165, 1.54) is 0 Å². The molecule has 132 valence electrons. The standard InChI is InChI=1S/C21H20N2O3/c1-2-12-25-19-9-7-18(8-10-19)21(24)23(16-20-6-4-13-26-20)15-17-5-3-11-22-14-17/h2-11,13-14H,1,12,15-16H2. The fourth-order valence-corrected chi connectivity index (χ4v) is 2.53. The summed E-state index contributed by atoms with van der Waals surface area (Å²) in [6.45, 7) is 4.88. The van der Waals surface area contributed by atoms with Gasteiger partial charge < -0.3 is 14.1 Å². The van der Waals surface area contributed by atoms with Gasteiger partial charge in [0.15, 0.2) is 0 Å². The average Bonchev–Trinajstić information content (AvgIpc) is 3.20. The van der Waals surface area contributed by atoms with E-state index in [9.17, 15) is 4.79 Å². The van der Waals surface area contributed by atoms with Crippen LogP contribution in [0.2, 0.25) is 0 Å². The third kappa shape index (κ3) is 4.60. The average molecular weight is 348 g/mol. The van der Waals surface area contributed by atoms with Crippen molar-refractivity contribution in [2.24, 2.45) is 0 Å². The van der Waals surface area contributed by atoms with Crippen LogP contribution in [0.5, 0.6) is 5.75 Å². The lowest BCUT2D eigenvalue weighted by atomic mass is 10.1. The number of carbonyl (C=O) groups excluding carboxylic acids is 1. The van der Waals surface area contributed by atoms with Gasteiger partial charge in [0.25, 0.3) is 5.91 Å². The van der Waals surface area contributed by atoms with E-state index in [-0.39, 0.29) is 5.91 Å². The molecule has 1 aromatic carbocycles. The Labute approximate surface area is 152 Å². The minimum atomic E-state index is -0.0828. The van der Waals surface area contributed by atoms with Gasteiger partial charge in [0.2, 0.25) is 0 Å². The highest BCUT2D eigenvalue weighted by molar-refractivity contribution is 5.94. The van der Waals surface area contributed by atoms with Crippen molar-refractivity contribution in [3.63, 3.8) is 0 Å². The van der Waals surface area contributed by atoms with E-state index in [0.29, 0.717) is 31.0 Å². The summed E-state index contributed by atoms with van der Waals surface area (Å²) in [7, 11) is 0. The molecule has 1 amide bonds. The fourth-order valence-electron chi connectivity index (χ4n) is 2.53. The quantitative estimate of drug-likeness (QED) is 0.576. The fraction of sp³-hybridized carbons (Fsp3) is 0.143. The minimum Gasteiger partial charge on any atom is -0.490 e. The molecule has 2 heterocycles. The van der Waals surface area contributed by atoms with Crippen LogP contribution in [0.25, 0.3) is 0 Å². The van der Waals surface area contributed by atoms with E-state index in [1.54, 1.807) is 53.9 Å². The molecule has 3 aromatic rings. The van der Waals surface area contributed by atoms with E-state index in [4.69, 9.17) is 9.15 Å². The van der Waals surface area contributed by atoms with Crippen LogP contribution in [-0.2, 0) is 13.1 Å². The van der Waals surface area contributed by atoms with Crippen molar-refractivity contribution >= 4 is 5.91 Å². The highest BCUT2D eigenvalue weighted by Crippen LogP contribution is 2.17. The molecule has 0 fully saturated rings. The minimum absolute atomic E-state index is 0.0828. The molecular weight excluding hydrogens is 328 g/mol. The van der Waals surface area contributed by atoms with Crippen LogP contribution in [0.15, 0.2) is 84.3 Å². The molecular formula is C21H20N2O3. The Kier molecular flexibility index (Phi) is 5.83. The van der Waals surface area contributed by atoms with Crippen LogP contribution in [0.3, 0.4) is 0 Å². The van der Waals surface area contributed by atoms with Crippen molar-refractivity contribution in [3.05, 3.63) is 96.7 Å². The van der Waals surface area contributed by atoms with Gasteiger partial charge in [-0.25, -0.2) is 0 Å². The van der Waals surface area contributed by atoms with Crippen molar-refractivity contribution in [1.82, 2.24) is 9.88 Å². The maximum atomic E-state index is 13.0. The molecule has 5 nitrogen and oxygen atoms in total. The van der Waals surface area contributed by atoms with Gasteiger partial charge in [0.05, 0.1) is 12.8 Å². The summed E-state index contributed by atoms with van der Waals surface area (Å²) >= 11 is 0. The number of nitrogens with zero attached hydrogens (tertiary/aromatic N) is 2. The summed E-state index contributed by atoms with van der Waals surface area (Å²) in [5.74, 6) is 1.35. The molecule has 5 heteroatoms. The van der Waals surface area contributed by atoms with Crippen molar-refractivity contribution in [1.29, 1.82) is 0 Å². The van der Waals surface area contributed by atoms with E-state index < -0.39 is 0 Å². The van der Waals surface area contributed by atoms with Gasteiger partial charge >= 0.3 is 0 Å². The molecule has 0 aliphatic carbocycles. The topological polar surface area (TPSA) is 55.6 Å². The maximum Gasteiger partial charge on any atom is 0.254 e. The molecule has 0 bridgehead atoms. The van der Waals surface area contributed by atoms with Crippen LogP contribution in [0.4, 0.5) is 0 Å². The summed E-state index contributed by atoms with van der Waals surface area (Å²) in [6, 6.07) is 14.6. The Hall–Kier alpha value is -3.34. The van der Waals surface area contributed by atoms with Gasteiger partial charge in [0, 0.05) is 24.5 Å². The number of aromatic nitrogens is 1. The lowest BCUT2D eigenvalue weighted by Gasteiger charge is -2.22. The molecule has 26 heavy (non-hydrogen) atoms. The SMILES string of the molecule is C=CCOc1ccc(C(=O)N(Cc2cccnc2)Cc2ccco2)cc1. The van der Waals surface area contributed by atoms with Gasteiger partial charge in [-0.3, -0.25) is 9.78 Å². The van der Waals surface area contributed by atoms with E-state index in [0.717, 1.165) is 11.3 Å². The number of benzene rings is 1. The zero-order valence-corrected chi connectivity index (χ0v) is 14.4. The predicted octanol–water partition coefficient (Wildman–Crippen LogP) is 4.08. The molecule has 0 saturated heterocycles. The van der Waals surface area contributed by atoms with E-state index >= 15 is 0 Å². The summed E-state index contributed by atoms with van der Waals surface area (Å²) in [5, 5.41) is 0. The molecule has 0 radical (unpaired) electrons. The third-order valence-corrected chi connectivity index (χ3v) is 3.78. The normalized spacial score (nSPS) is 10.3. The van der Waals surface area contributed by atoms with Crippen LogP contribution < -0.4 is 4.74 Å². The first kappa shape index (κ1) is 17.5. The lowest BCUT2D eigenvalue weighted by molar-refractivity contribution is 0.0717. The highest BCUT2D eigenvalue weighted by atomic mass is 16.5. The number of carbonyl (C=O) groups is 1. The van der Waals surface area contributed by atoms with Crippen LogP contribution in [0.1, 0.15) is 21.7 Å². The molecule has 3 rings (SSSR count). The summed E-state index contributed by atoms with van der Waals surface area (Å²) < 4.78 is 10.9. The summed E-state index contributed by atoms with van der Waals surface area (Å²) in [4.78, 5) is 18.9. The molecule has 0 saturated carbocycles. The van der Waals surface area contributed by atoms with Crippen molar-refractivity contribution in [2.45, 2.75) is 13.1 Å². The Morgan fingerprint density at radius 2 is 2.00 bits per heavy atom. The first-order chi connectivity index (χ1) is 12.8. The van der Waals surface area contributed by atoms with E-state index in [1.807, 2.05) is 24.3 Å². The summed E-state index contributed by atoms with van der Waals surface area (Å²) in [5.41, 5.74) is 1.55. The van der Waals surface area contributed by atoms with Crippen LogP contribution >= 0.6 is 0 Å². The number of rotatable bonds is 8. The van der Waals surface area contributed by atoms with Crippen LogP contribution in [0, 0.1) is 0 Å². The smallest absolute Gasteiger partial charge is 0.254 e. The van der Waals surface area contributed by atoms with Gasteiger partial charge in [-0.2, -0.15) is 0 Å². The molecule has 0 atom stereocenters. The first-order valence-corrected chi connectivity index (χ1v) is 8.30. The van der Waals surface area contributed by atoms with Crippen molar-refractivity contribution < 1.29 is 13.9 Å². The number of hydrogen-bond donors (Lipinski definition) is 0. The Morgan fingerprint density at radius 1 is 1.15 bits per heavy atom. The molecule has 0 aliphatic heterocycles. The van der Waals surface area contributed by atoms with Gasteiger partial charge in [-0.05, 0) is 48.0 Å². The molecule has 2 aromatic heterocycles. The zero-order chi connectivity index (χ0) is 18.2. The van der Waals surface area contributed by atoms with Gasteiger partial charge in [-0.15, -0.1) is 0 Å². The number of ether oxygens (including phenoxy) is 1. The second-order valence-corrected chi connectivity index (χ2v) is 5.73. The van der Waals surface area contributed by atoms with E-state index in [2.05, 4.69) is 11.6 Å². The zero-order valence-electron chi connectivity index (χ0n) is 14.4. The number of amides is 1. The lowest BCUT2D eigenvalue weighted by Crippen LogP contribution is -2.30. The second kappa shape index (κ2) is 8.67. The monoisotopic (exact) mass is 348 g/mol. The Morgan fingerprint density at radius 3 is 2.65 bits per heavy atom. The largest absolute Gasteiger partial charge is 0.490 e. The van der Waals surface area contributed by atoms with Gasteiger partial charge in [0.1, 0.15) is 18.1 Å². The number of pyridine rings is 1. The molecule has 0 spiro atoms. The Bertz CT molecular complexity index is 827.